The van der Waals surface area contributed by atoms with Crippen LogP contribution in [0.15, 0.2) is 53.1 Å². The van der Waals surface area contributed by atoms with Gasteiger partial charge in [-0.15, -0.1) is 11.8 Å². The lowest BCUT2D eigenvalue weighted by molar-refractivity contribution is -0.146. The Hall–Kier alpha value is -3.35. The standard InChI is InChI=1S/C42H67N5O6S/c1-11-30(6)40(46(9)42(51)38(28(2)3)44-41(50)39(29(4)5)45(7)8)34(52-10)26-37(49)47-23-15-19-32(47)21-22-35(48)43-36(25-31-17-13-12-14-18-31)54-27-33-20-16-24-53-33/h12-14,16-18,20,24,28-30,32,34,36,38-40H,11,15,19,21-23,25-27H2,1-10H3,(H,43,48)(H,44,50). The number of thioether (sulfide) groups is 1. The van der Waals surface area contributed by atoms with Gasteiger partial charge in [0.1, 0.15) is 11.8 Å². The Balaban J connectivity index is 1.67. The number of nitrogens with one attached hydrogen (secondary N) is 2. The molecule has 1 aromatic carbocycles. The first-order valence-electron chi connectivity index (χ1n) is 19.7. The summed E-state index contributed by atoms with van der Waals surface area (Å²) in [7, 11) is 7.10. The van der Waals surface area contributed by atoms with Gasteiger partial charge in [-0.3, -0.25) is 24.1 Å². The summed E-state index contributed by atoms with van der Waals surface area (Å²) in [6, 6.07) is 12.4. The van der Waals surface area contributed by atoms with Gasteiger partial charge in [0.15, 0.2) is 0 Å². The minimum atomic E-state index is -0.728. The van der Waals surface area contributed by atoms with Gasteiger partial charge in [-0.25, -0.2) is 0 Å². The van der Waals surface area contributed by atoms with Crippen molar-refractivity contribution in [3.05, 3.63) is 60.1 Å². The Morgan fingerprint density at radius 1 is 0.981 bits per heavy atom. The van der Waals surface area contributed by atoms with Crippen LogP contribution in [-0.2, 0) is 36.1 Å². The Bertz CT molecular complexity index is 1430. The van der Waals surface area contributed by atoms with Gasteiger partial charge in [0, 0.05) is 39.6 Å². The topological polar surface area (TPSA) is 124 Å². The number of furan rings is 1. The Labute approximate surface area is 328 Å². The van der Waals surface area contributed by atoms with Gasteiger partial charge < -0.3 is 29.6 Å². The van der Waals surface area contributed by atoms with Gasteiger partial charge in [0.05, 0.1) is 42.0 Å². The number of methoxy groups -OCH3 is 1. The lowest BCUT2D eigenvalue weighted by atomic mass is 9.89. The second-order valence-corrected chi connectivity index (χ2v) is 16.9. The van der Waals surface area contributed by atoms with E-state index in [0.29, 0.717) is 31.6 Å². The van der Waals surface area contributed by atoms with E-state index < -0.39 is 18.2 Å². The van der Waals surface area contributed by atoms with E-state index >= 15 is 0 Å². The molecule has 0 saturated carbocycles. The molecule has 0 spiro atoms. The first kappa shape index (κ1) is 45.0. The van der Waals surface area contributed by atoms with E-state index in [1.807, 2.05) is 81.9 Å². The van der Waals surface area contributed by atoms with Crippen molar-refractivity contribution < 1.29 is 28.3 Å². The fraction of sp³-hybridized carbons (Fsp3) is 0.667. The number of likely N-dealkylation sites (tertiary alicyclic amines) is 1. The van der Waals surface area contributed by atoms with E-state index in [9.17, 15) is 19.2 Å². The summed E-state index contributed by atoms with van der Waals surface area (Å²) in [4.78, 5) is 60.4. The third-order valence-electron chi connectivity index (χ3n) is 10.8. The summed E-state index contributed by atoms with van der Waals surface area (Å²) in [5, 5.41) is 6.16. The van der Waals surface area contributed by atoms with Crippen molar-refractivity contribution in [2.45, 2.75) is 128 Å². The summed E-state index contributed by atoms with van der Waals surface area (Å²) in [5.41, 5.74) is 1.15. The second kappa shape index (κ2) is 22.3. The zero-order valence-corrected chi connectivity index (χ0v) is 35.2. The molecular weight excluding hydrogens is 703 g/mol. The van der Waals surface area contributed by atoms with Crippen molar-refractivity contribution in [2.24, 2.45) is 17.8 Å². The third-order valence-corrected chi connectivity index (χ3v) is 11.9. The highest BCUT2D eigenvalue weighted by molar-refractivity contribution is 7.99. The van der Waals surface area contributed by atoms with Crippen LogP contribution in [0.2, 0.25) is 0 Å². The maximum atomic E-state index is 14.2. The second-order valence-electron chi connectivity index (χ2n) is 15.7. The number of carbonyl (C=O) groups is 4. The van der Waals surface area contributed by atoms with Crippen LogP contribution >= 0.6 is 11.8 Å². The molecule has 2 N–H and O–H groups in total. The molecule has 2 aromatic rings. The fourth-order valence-electron chi connectivity index (χ4n) is 7.69. The normalized spacial score (nSPS) is 17.9. The molecule has 1 aliphatic heterocycles. The first-order valence-corrected chi connectivity index (χ1v) is 20.8. The summed E-state index contributed by atoms with van der Waals surface area (Å²) in [6.45, 7) is 12.6. The van der Waals surface area contributed by atoms with Crippen molar-refractivity contribution in [1.82, 2.24) is 25.3 Å². The van der Waals surface area contributed by atoms with Crippen molar-refractivity contribution >= 4 is 35.4 Å². The van der Waals surface area contributed by atoms with E-state index in [0.717, 1.165) is 30.6 Å². The number of rotatable bonds is 22. The molecule has 0 radical (unpaired) electrons. The number of hydrogen-bond acceptors (Lipinski definition) is 8. The number of ether oxygens (including phenoxy) is 1. The highest BCUT2D eigenvalue weighted by Gasteiger charge is 2.40. The van der Waals surface area contributed by atoms with Crippen molar-refractivity contribution in [3.8, 4) is 0 Å². The smallest absolute Gasteiger partial charge is 0.245 e. The number of carbonyl (C=O) groups excluding carboxylic acids is 4. The van der Waals surface area contributed by atoms with Gasteiger partial charge in [-0.05, 0) is 68.8 Å². The predicted octanol–water partition coefficient (Wildman–Crippen LogP) is 5.97. The average Bonchev–Trinajstić information content (AvgIpc) is 3.84. The molecule has 1 aliphatic rings. The first-order chi connectivity index (χ1) is 25.7. The lowest BCUT2D eigenvalue weighted by Crippen LogP contribution is -2.59. The minimum absolute atomic E-state index is 0.0259. The van der Waals surface area contributed by atoms with E-state index in [2.05, 4.69) is 36.6 Å². The van der Waals surface area contributed by atoms with E-state index in [4.69, 9.17) is 9.15 Å². The number of likely N-dealkylation sites (N-methyl/N-ethyl adjacent to an activating group) is 2. The molecule has 7 atom stereocenters. The molecule has 4 amide bonds. The molecule has 0 bridgehead atoms. The van der Waals surface area contributed by atoms with Crippen LogP contribution in [0.1, 0.15) is 91.4 Å². The van der Waals surface area contributed by atoms with E-state index in [1.165, 1.54) is 0 Å². The summed E-state index contributed by atoms with van der Waals surface area (Å²) in [6.07, 6.45) is 5.29. The van der Waals surface area contributed by atoms with Crippen molar-refractivity contribution in [3.63, 3.8) is 0 Å². The lowest BCUT2D eigenvalue weighted by Gasteiger charge is -2.40. The monoisotopic (exact) mass is 769 g/mol. The summed E-state index contributed by atoms with van der Waals surface area (Å²) in [5.74, 6) is 1.01. The summed E-state index contributed by atoms with van der Waals surface area (Å²) >= 11 is 1.64. The Morgan fingerprint density at radius 3 is 2.26 bits per heavy atom. The van der Waals surface area contributed by atoms with Crippen LogP contribution in [0.4, 0.5) is 0 Å². The number of nitrogens with zero attached hydrogens (tertiary/aromatic N) is 3. The van der Waals surface area contributed by atoms with Crippen LogP contribution in [0.5, 0.6) is 0 Å². The molecular formula is C42H67N5O6S. The van der Waals surface area contributed by atoms with Crippen LogP contribution in [0, 0.1) is 17.8 Å². The van der Waals surface area contributed by atoms with Crippen molar-refractivity contribution in [2.75, 3.05) is 34.8 Å². The maximum Gasteiger partial charge on any atom is 0.245 e. The van der Waals surface area contributed by atoms with Gasteiger partial charge in [0.2, 0.25) is 23.6 Å². The van der Waals surface area contributed by atoms with E-state index in [1.54, 1.807) is 37.1 Å². The van der Waals surface area contributed by atoms with Gasteiger partial charge in [0.25, 0.3) is 0 Å². The SMILES string of the molecule is CCC(C)C(C(CC(=O)N1CCCC1CCC(=O)NC(Cc1ccccc1)SCc1ccco1)OC)N(C)C(=O)C(NC(=O)C(C(C)C)N(C)C)C(C)C. The largest absolute Gasteiger partial charge is 0.468 e. The number of hydrogen-bond donors (Lipinski definition) is 2. The molecule has 54 heavy (non-hydrogen) atoms. The predicted molar refractivity (Wildman–Crippen MR) is 217 cm³/mol. The summed E-state index contributed by atoms with van der Waals surface area (Å²) < 4.78 is 11.5. The van der Waals surface area contributed by atoms with Crippen LogP contribution in [0.3, 0.4) is 0 Å². The van der Waals surface area contributed by atoms with Crippen LogP contribution in [-0.4, -0.2) is 109 Å². The molecule has 302 valence electrons. The molecule has 1 saturated heterocycles. The highest BCUT2D eigenvalue weighted by atomic mass is 32.2. The molecule has 3 rings (SSSR count). The molecule has 1 aromatic heterocycles. The van der Waals surface area contributed by atoms with Crippen LogP contribution < -0.4 is 10.6 Å². The van der Waals surface area contributed by atoms with Crippen molar-refractivity contribution in [1.29, 1.82) is 0 Å². The maximum absolute atomic E-state index is 14.2. The van der Waals surface area contributed by atoms with E-state index in [-0.39, 0.29) is 65.3 Å². The molecule has 1 fully saturated rings. The zero-order valence-electron chi connectivity index (χ0n) is 34.4. The minimum Gasteiger partial charge on any atom is -0.468 e. The fourth-order valence-corrected chi connectivity index (χ4v) is 8.75. The Kier molecular flexibility index (Phi) is 18.6. The molecule has 12 heteroatoms. The van der Waals surface area contributed by atoms with Crippen LogP contribution in [0.25, 0.3) is 0 Å². The number of benzene rings is 1. The van der Waals surface area contributed by atoms with Gasteiger partial charge in [-0.2, -0.15) is 0 Å². The van der Waals surface area contributed by atoms with Gasteiger partial charge in [-0.1, -0.05) is 78.3 Å². The molecule has 2 heterocycles. The third kappa shape index (κ3) is 13.2. The van der Waals surface area contributed by atoms with Gasteiger partial charge >= 0.3 is 0 Å². The highest BCUT2D eigenvalue weighted by Crippen LogP contribution is 2.28. The number of amides is 4. The average molecular weight is 770 g/mol. The molecule has 7 unspecified atom stereocenters. The molecule has 11 nitrogen and oxygen atoms in total. The zero-order chi connectivity index (χ0) is 39.9. The Morgan fingerprint density at radius 2 is 1.69 bits per heavy atom. The quantitative estimate of drug-likeness (QED) is 0.141. The molecule has 0 aliphatic carbocycles.